The van der Waals surface area contributed by atoms with Crippen LogP contribution in [0.25, 0.3) is 22.3 Å². The lowest BCUT2D eigenvalue weighted by Gasteiger charge is -2.26. The van der Waals surface area contributed by atoms with Gasteiger partial charge in [-0.25, -0.2) is 22.8 Å². The zero-order chi connectivity index (χ0) is 58.9. The van der Waals surface area contributed by atoms with Crippen molar-refractivity contribution in [3.63, 3.8) is 0 Å². The van der Waals surface area contributed by atoms with Crippen molar-refractivity contribution in [3.05, 3.63) is 162 Å². The number of aryl methyl sites for hydroxylation is 2. The number of halogens is 4. The van der Waals surface area contributed by atoms with Crippen molar-refractivity contribution in [1.82, 2.24) is 14.9 Å². The van der Waals surface area contributed by atoms with Gasteiger partial charge in [-0.1, -0.05) is 108 Å². The van der Waals surface area contributed by atoms with Crippen molar-refractivity contribution in [2.24, 2.45) is 0 Å². The average Bonchev–Trinajstić information content (AvgIpc) is 3.60. The van der Waals surface area contributed by atoms with Crippen molar-refractivity contribution in [1.29, 1.82) is 0 Å². The van der Waals surface area contributed by atoms with Gasteiger partial charge in [0.15, 0.2) is 0 Å². The molecule has 2 fully saturated rings. The minimum atomic E-state index is -4.12. The number of carbonyl (C=O) groups is 5. The van der Waals surface area contributed by atoms with Crippen molar-refractivity contribution in [3.8, 4) is 39.5 Å². The maximum atomic E-state index is 13.4. The standard InChI is InChI=1S/C33H36Cl2N2O8S.C26H23Cl2NO6.CH4/c1-43-29-14-21(19-45-25-5-3-6-25)15-30(44-2)31(29)22-10-8-20(9-11-22)13-27(33(39)40)36-32(38)28-7-4-12-37(28)46(41,42)26-17-23(34)16-24(35)18-26;1-13-8-14(2)22(21(9-13)35-3)16-6-4-15(5-7-16)10-20(26(33)34)29-24(30)23-18(27)11-17(25(31)32)12-19(23)28;/h8-11,14-18,25,27-28H,3-7,12-13,19H2,1-2H3,(H,36,38)(H,39,40);4-9,11-12,20H,10H2,1-3H3,(H,29,30)(H,31,32)(H,33,34);1H4/t27-,28-;20-;/m00./s1. The third kappa shape index (κ3) is 15.6. The van der Waals surface area contributed by atoms with E-state index in [4.69, 9.17) is 70.5 Å². The molecule has 1 heterocycles. The normalized spacial score (nSPS) is 14.9. The van der Waals surface area contributed by atoms with Crippen molar-refractivity contribution in [2.45, 2.75) is 102 Å². The summed E-state index contributed by atoms with van der Waals surface area (Å²) in [5, 5.41) is 33.6. The summed E-state index contributed by atoms with van der Waals surface area (Å²) in [5.41, 5.74) is 7.43. The zero-order valence-corrected chi connectivity index (χ0v) is 48.5. The Kier molecular flexibility index (Phi) is 22.3. The zero-order valence-electron chi connectivity index (χ0n) is 44.7. The molecule has 3 atom stereocenters. The van der Waals surface area contributed by atoms with Gasteiger partial charge in [-0.2, -0.15) is 4.31 Å². The maximum absolute atomic E-state index is 13.4. The summed E-state index contributed by atoms with van der Waals surface area (Å²) in [5.74, 6) is -3.27. The van der Waals surface area contributed by atoms with Gasteiger partial charge in [0.1, 0.15) is 35.4 Å². The molecule has 0 bridgehead atoms. The Bertz CT molecular complexity index is 3380. The number of carboxylic acids is 3. The van der Waals surface area contributed by atoms with Crippen molar-refractivity contribution in [2.75, 3.05) is 27.9 Å². The summed E-state index contributed by atoms with van der Waals surface area (Å²) in [6, 6.07) is 24.9. The molecule has 0 aromatic heterocycles. The SMILES string of the molecule is C.COc1cc(C)cc(C)c1-c1ccc(C[C@H](NC(=O)c2c(Cl)cc(C(=O)O)cc2Cl)C(=O)O)cc1.COc1cc(COC2CCC2)cc(OC)c1-c1ccc(C[C@H](NC(=O)[C@@H]2CCCN2S(=O)(=O)c2cc(Cl)cc(Cl)c2)C(=O)O)cc1. The molecule has 6 aromatic rings. The van der Waals surface area contributed by atoms with Gasteiger partial charge in [0.25, 0.3) is 5.91 Å². The summed E-state index contributed by atoms with van der Waals surface area (Å²) in [6.07, 6.45) is 4.31. The van der Waals surface area contributed by atoms with Crippen LogP contribution in [0, 0.1) is 13.8 Å². The Hall–Kier alpha value is -6.90. The highest BCUT2D eigenvalue weighted by molar-refractivity contribution is 7.89. The van der Waals surface area contributed by atoms with Crippen LogP contribution in [-0.4, -0.2) is 110 Å². The van der Waals surface area contributed by atoms with Crippen molar-refractivity contribution >= 4 is 86.1 Å². The summed E-state index contributed by atoms with van der Waals surface area (Å²) >= 11 is 24.2. The number of hydrogen-bond acceptors (Lipinski definition) is 11. The van der Waals surface area contributed by atoms with Gasteiger partial charge in [-0.05, 0) is 133 Å². The number of carboxylic acid groups (broad SMARTS) is 3. The van der Waals surface area contributed by atoms with Crippen LogP contribution in [0.3, 0.4) is 0 Å². The van der Waals surface area contributed by atoms with Gasteiger partial charge in [0, 0.05) is 35.0 Å². The molecule has 436 valence electrons. The Labute approximate surface area is 496 Å². The maximum Gasteiger partial charge on any atom is 0.335 e. The van der Waals surface area contributed by atoms with Gasteiger partial charge in [0.05, 0.1) is 65.7 Å². The number of sulfonamides is 1. The molecular formula is C60H63Cl4N3O14S. The van der Waals surface area contributed by atoms with Crippen LogP contribution in [0.5, 0.6) is 17.2 Å². The molecular weight excluding hydrogens is 1160 g/mol. The summed E-state index contributed by atoms with van der Waals surface area (Å²) < 4.78 is 50.7. The number of nitrogens with one attached hydrogen (secondary N) is 2. The first-order chi connectivity index (χ1) is 38.5. The van der Waals surface area contributed by atoms with Crippen LogP contribution in [0.4, 0.5) is 0 Å². The smallest absolute Gasteiger partial charge is 0.335 e. The number of benzene rings is 6. The summed E-state index contributed by atoms with van der Waals surface area (Å²) in [7, 11) is 0.671. The van der Waals surface area contributed by atoms with E-state index < -0.39 is 57.9 Å². The first-order valence-electron chi connectivity index (χ1n) is 25.5. The van der Waals surface area contributed by atoms with Crippen LogP contribution >= 0.6 is 46.4 Å². The van der Waals surface area contributed by atoms with Crippen LogP contribution in [0.2, 0.25) is 20.1 Å². The number of amides is 2. The second-order valence-corrected chi connectivity index (χ2v) is 23.0. The lowest BCUT2D eigenvalue weighted by molar-refractivity contribution is -0.142. The third-order valence-corrected chi connectivity index (χ3v) is 16.7. The molecule has 6 aromatic carbocycles. The van der Waals surface area contributed by atoms with E-state index in [9.17, 15) is 42.6 Å². The van der Waals surface area contributed by atoms with Crippen LogP contribution in [0.15, 0.2) is 108 Å². The van der Waals surface area contributed by atoms with Gasteiger partial charge in [0.2, 0.25) is 15.9 Å². The molecule has 1 saturated heterocycles. The third-order valence-electron chi connectivity index (χ3n) is 13.8. The molecule has 2 amide bonds. The second kappa shape index (κ2) is 28.4. The highest BCUT2D eigenvalue weighted by Crippen LogP contribution is 2.41. The van der Waals surface area contributed by atoms with Crippen molar-refractivity contribution < 1.29 is 66.7 Å². The first-order valence-corrected chi connectivity index (χ1v) is 28.4. The molecule has 17 nitrogen and oxygen atoms in total. The monoisotopic (exact) mass is 1220 g/mol. The number of ether oxygens (including phenoxy) is 4. The number of methoxy groups -OCH3 is 3. The Morgan fingerprint density at radius 3 is 1.61 bits per heavy atom. The van der Waals surface area contributed by atoms with Gasteiger partial charge in [-0.15, -0.1) is 0 Å². The highest BCUT2D eigenvalue weighted by Gasteiger charge is 2.41. The second-order valence-electron chi connectivity index (χ2n) is 19.5. The fraction of sp³-hybridized carbons (Fsp3) is 0.317. The Morgan fingerprint density at radius 2 is 1.13 bits per heavy atom. The van der Waals surface area contributed by atoms with Crippen LogP contribution < -0.4 is 24.8 Å². The van der Waals surface area contributed by atoms with E-state index in [0.29, 0.717) is 41.8 Å². The Morgan fingerprint density at radius 1 is 0.634 bits per heavy atom. The van der Waals surface area contributed by atoms with E-state index in [0.717, 1.165) is 74.0 Å². The van der Waals surface area contributed by atoms with Gasteiger partial charge >= 0.3 is 17.9 Å². The van der Waals surface area contributed by atoms with Gasteiger partial charge < -0.3 is 44.9 Å². The predicted molar refractivity (Wildman–Crippen MR) is 315 cm³/mol. The minimum Gasteiger partial charge on any atom is -0.496 e. The topological polar surface area (TPSA) is 244 Å². The van der Waals surface area contributed by atoms with E-state index in [-0.39, 0.29) is 69.3 Å². The number of nitrogens with zero attached hydrogens (tertiary/aromatic N) is 1. The molecule has 82 heavy (non-hydrogen) atoms. The first kappa shape index (κ1) is 64.3. The number of carbonyl (C=O) groups excluding carboxylic acids is 2. The van der Waals surface area contributed by atoms with Crippen LogP contribution in [-0.2, 0) is 48.6 Å². The van der Waals surface area contributed by atoms with E-state index in [1.807, 2.05) is 56.3 Å². The highest BCUT2D eigenvalue weighted by atomic mass is 35.5. The average molecular weight is 1220 g/mol. The molecule has 0 spiro atoms. The summed E-state index contributed by atoms with van der Waals surface area (Å²) in [6.45, 7) is 4.54. The molecule has 22 heteroatoms. The molecule has 0 unspecified atom stereocenters. The molecule has 1 saturated carbocycles. The fourth-order valence-corrected chi connectivity index (χ4v) is 12.6. The number of hydrogen-bond donors (Lipinski definition) is 5. The summed E-state index contributed by atoms with van der Waals surface area (Å²) in [4.78, 5) is 61.1. The van der Waals surface area contributed by atoms with E-state index >= 15 is 0 Å². The Balaban J connectivity index is 0.000000270. The molecule has 5 N–H and O–H groups in total. The number of aliphatic carboxylic acids is 2. The van der Waals surface area contributed by atoms with Gasteiger partial charge in [-0.3, -0.25) is 9.59 Å². The fourth-order valence-electron chi connectivity index (χ4n) is 9.55. The molecule has 2 aliphatic rings. The molecule has 1 aliphatic heterocycles. The van der Waals surface area contributed by atoms with E-state index in [2.05, 4.69) is 16.7 Å². The number of aromatic carboxylic acids is 1. The molecule has 8 rings (SSSR count). The predicted octanol–water partition coefficient (Wildman–Crippen LogP) is 11.8. The van der Waals surface area contributed by atoms with E-state index in [1.54, 1.807) is 45.6 Å². The minimum absolute atomic E-state index is 0. The molecule has 1 aliphatic carbocycles. The van der Waals surface area contributed by atoms with Crippen LogP contribution in [0.1, 0.15) is 88.1 Å². The largest absolute Gasteiger partial charge is 0.496 e. The lowest BCUT2D eigenvalue weighted by atomic mass is 9.95. The number of rotatable bonds is 21. The quantitative estimate of drug-likeness (QED) is 0.0450. The van der Waals surface area contributed by atoms with E-state index in [1.165, 1.54) is 24.6 Å². The molecule has 0 radical (unpaired) electrons. The lowest BCUT2D eigenvalue weighted by Crippen LogP contribution is -2.51.